The van der Waals surface area contributed by atoms with Gasteiger partial charge in [0, 0.05) is 25.0 Å². The molecule has 110 valence electrons. The summed E-state index contributed by atoms with van der Waals surface area (Å²) >= 11 is 0. The molecule has 1 aliphatic heterocycles. The minimum atomic E-state index is -0.790. The lowest BCUT2D eigenvalue weighted by Gasteiger charge is -2.14. The maximum absolute atomic E-state index is 12.4. The van der Waals surface area contributed by atoms with E-state index in [4.69, 9.17) is 4.74 Å². The van der Waals surface area contributed by atoms with Gasteiger partial charge >= 0.3 is 0 Å². The third-order valence-electron chi connectivity index (χ3n) is 3.31. The molecule has 1 fully saturated rings. The van der Waals surface area contributed by atoms with E-state index in [1.54, 1.807) is 27.4 Å². The topological polar surface area (TPSA) is 67.4 Å². The fraction of sp³-hybridized carbons (Fsp3) is 0.267. The van der Waals surface area contributed by atoms with E-state index in [1.165, 1.54) is 0 Å². The summed E-state index contributed by atoms with van der Waals surface area (Å²) in [5, 5.41) is 12.1. The van der Waals surface area contributed by atoms with E-state index < -0.39 is 12.5 Å². The van der Waals surface area contributed by atoms with Gasteiger partial charge in [0.05, 0.1) is 0 Å². The molecule has 21 heavy (non-hydrogen) atoms. The summed E-state index contributed by atoms with van der Waals surface area (Å²) in [5.41, 5.74) is 0.485. The number of nitrogens with one attached hydrogen (secondary N) is 1. The van der Waals surface area contributed by atoms with Gasteiger partial charge in [-0.2, -0.15) is 0 Å². The molecule has 0 aromatic carbocycles. The van der Waals surface area contributed by atoms with Crippen LogP contribution in [-0.2, 0) is 4.74 Å². The third-order valence-corrected chi connectivity index (χ3v) is 3.31. The summed E-state index contributed by atoms with van der Waals surface area (Å²) in [6.07, 6.45) is 5.42. The zero-order valence-corrected chi connectivity index (χ0v) is 11.4. The van der Waals surface area contributed by atoms with Gasteiger partial charge in [-0.1, -0.05) is 12.1 Å². The van der Waals surface area contributed by atoms with Crippen molar-refractivity contribution in [1.82, 2.24) is 14.3 Å². The van der Waals surface area contributed by atoms with E-state index in [9.17, 15) is 9.90 Å². The number of aliphatic hydroxyl groups is 1. The van der Waals surface area contributed by atoms with Gasteiger partial charge in [0.1, 0.15) is 11.9 Å². The van der Waals surface area contributed by atoms with Crippen LogP contribution in [0.15, 0.2) is 55.0 Å². The predicted molar refractivity (Wildman–Crippen MR) is 76.1 cm³/mol. The van der Waals surface area contributed by atoms with Crippen LogP contribution in [0.4, 0.5) is 0 Å². The minimum absolute atomic E-state index is 0.244. The highest BCUT2D eigenvalue weighted by atomic mass is 16.6. The summed E-state index contributed by atoms with van der Waals surface area (Å²) in [6.45, 7) is 0. The highest BCUT2D eigenvalue weighted by Gasteiger charge is 2.25. The first-order valence-electron chi connectivity index (χ1n) is 6.86. The maximum Gasteiger partial charge on any atom is 0.271 e. The van der Waals surface area contributed by atoms with Gasteiger partial charge in [-0.3, -0.25) is 13.8 Å². The Labute approximate surface area is 121 Å². The molecule has 1 saturated heterocycles. The standard InChI is InChI=1S/C15H17N3O3/c19-14-8-7-13(21-14)16-15(20)12-6-5-10-17-9-3-1-2-4-11-18(12)17/h1-6,9-11,13-14,19H,7-8H2,(H,16,20). The molecule has 0 saturated carbocycles. The van der Waals surface area contributed by atoms with Crippen LogP contribution in [0, 0.1) is 0 Å². The normalized spacial score (nSPS) is 21.2. The number of carbonyl (C=O) groups is 1. The van der Waals surface area contributed by atoms with Gasteiger partial charge in [-0.25, -0.2) is 0 Å². The van der Waals surface area contributed by atoms with Crippen molar-refractivity contribution < 1.29 is 14.6 Å². The zero-order chi connectivity index (χ0) is 14.7. The van der Waals surface area contributed by atoms with E-state index in [1.807, 2.05) is 36.7 Å². The molecule has 1 amide bonds. The average molecular weight is 287 g/mol. The summed E-state index contributed by atoms with van der Waals surface area (Å²) in [4.78, 5) is 12.4. The highest BCUT2D eigenvalue weighted by Crippen LogP contribution is 2.15. The molecule has 2 atom stereocenters. The minimum Gasteiger partial charge on any atom is -0.368 e. The van der Waals surface area contributed by atoms with Crippen LogP contribution in [0.3, 0.4) is 0 Å². The number of rotatable bonds is 2. The van der Waals surface area contributed by atoms with Crippen molar-refractivity contribution in [3.8, 4) is 0 Å². The Morgan fingerprint density at radius 1 is 1.14 bits per heavy atom. The molecule has 3 rings (SSSR count). The molecule has 1 aliphatic rings. The lowest BCUT2D eigenvalue weighted by molar-refractivity contribution is -0.0954. The van der Waals surface area contributed by atoms with E-state index in [-0.39, 0.29) is 5.91 Å². The lowest BCUT2D eigenvalue weighted by Crippen LogP contribution is -2.36. The van der Waals surface area contributed by atoms with Gasteiger partial charge in [-0.05, 0) is 30.7 Å². The average Bonchev–Trinajstić information content (AvgIpc) is 2.84. The first kappa shape index (κ1) is 13.7. The number of amides is 1. The molecule has 6 heteroatoms. The first-order chi connectivity index (χ1) is 10.2. The second-order valence-corrected chi connectivity index (χ2v) is 4.82. The zero-order valence-electron chi connectivity index (χ0n) is 11.4. The number of hydrogen-bond donors (Lipinski definition) is 2. The van der Waals surface area contributed by atoms with Crippen molar-refractivity contribution in [3.63, 3.8) is 0 Å². The summed E-state index contributed by atoms with van der Waals surface area (Å²) < 4.78 is 8.75. The molecule has 2 N–H and O–H groups in total. The van der Waals surface area contributed by atoms with Crippen molar-refractivity contribution >= 4 is 5.91 Å². The number of aromatic nitrogens is 2. The van der Waals surface area contributed by atoms with Gasteiger partial charge < -0.3 is 15.2 Å². The predicted octanol–water partition coefficient (Wildman–Crippen LogP) is 1.35. The van der Waals surface area contributed by atoms with Gasteiger partial charge in [0.2, 0.25) is 0 Å². The Hall–Kier alpha value is -2.31. The molecule has 2 aromatic rings. The second kappa shape index (κ2) is 5.99. The van der Waals surface area contributed by atoms with Crippen LogP contribution in [-0.4, -0.2) is 32.6 Å². The maximum atomic E-state index is 12.4. The lowest BCUT2D eigenvalue weighted by atomic mass is 10.3. The SMILES string of the molecule is O=C(NC1CCC(O)O1)c1cccn2ccccccn12. The third kappa shape index (κ3) is 3.07. The summed E-state index contributed by atoms with van der Waals surface area (Å²) in [7, 11) is 0. The van der Waals surface area contributed by atoms with Gasteiger partial charge in [0.25, 0.3) is 5.91 Å². The van der Waals surface area contributed by atoms with E-state index >= 15 is 0 Å². The molecule has 0 spiro atoms. The molecule has 0 bridgehead atoms. The molecule has 6 nitrogen and oxygen atoms in total. The van der Waals surface area contributed by atoms with Gasteiger partial charge in [-0.15, -0.1) is 0 Å². The van der Waals surface area contributed by atoms with Crippen LogP contribution >= 0.6 is 0 Å². The Kier molecular flexibility index (Phi) is 3.89. The monoisotopic (exact) mass is 287 g/mol. The largest absolute Gasteiger partial charge is 0.368 e. The molecule has 0 radical (unpaired) electrons. The Balaban J connectivity index is 1.93. The van der Waals surface area contributed by atoms with Crippen LogP contribution in [0.1, 0.15) is 23.3 Å². The highest BCUT2D eigenvalue weighted by molar-refractivity contribution is 5.92. The number of fused-ring (bicyclic) bond motifs is 1. The Morgan fingerprint density at radius 2 is 1.90 bits per heavy atom. The molecule has 0 aliphatic carbocycles. The van der Waals surface area contributed by atoms with E-state index in [0.717, 1.165) is 0 Å². The number of nitrogens with zero attached hydrogens (tertiary/aromatic N) is 2. The summed E-state index contributed by atoms with van der Waals surface area (Å²) in [6, 6.07) is 11.1. The van der Waals surface area contributed by atoms with Crippen LogP contribution in [0.5, 0.6) is 0 Å². The van der Waals surface area contributed by atoms with Gasteiger partial charge in [0.15, 0.2) is 6.29 Å². The fourth-order valence-electron chi connectivity index (χ4n) is 2.30. The fourth-order valence-corrected chi connectivity index (χ4v) is 2.30. The number of hydrogen-bond acceptors (Lipinski definition) is 3. The van der Waals surface area contributed by atoms with Crippen LogP contribution in [0.25, 0.3) is 0 Å². The molecule has 2 aromatic heterocycles. The Morgan fingerprint density at radius 3 is 2.67 bits per heavy atom. The molecular weight excluding hydrogens is 270 g/mol. The number of ether oxygens (including phenoxy) is 1. The van der Waals surface area contributed by atoms with Crippen molar-refractivity contribution in [3.05, 3.63) is 60.7 Å². The number of carbonyl (C=O) groups excluding carboxylic acids is 1. The van der Waals surface area contributed by atoms with Crippen molar-refractivity contribution in [2.45, 2.75) is 25.4 Å². The van der Waals surface area contributed by atoms with Crippen LogP contribution < -0.4 is 5.32 Å². The smallest absolute Gasteiger partial charge is 0.271 e. The van der Waals surface area contributed by atoms with E-state index in [0.29, 0.717) is 18.5 Å². The first-order valence-corrected chi connectivity index (χ1v) is 6.86. The second-order valence-electron chi connectivity index (χ2n) is 4.82. The quantitative estimate of drug-likeness (QED) is 0.876. The van der Waals surface area contributed by atoms with Crippen molar-refractivity contribution in [2.24, 2.45) is 0 Å². The molecule has 3 heterocycles. The van der Waals surface area contributed by atoms with Crippen LogP contribution in [0.2, 0.25) is 0 Å². The molecule has 2 unspecified atom stereocenters. The van der Waals surface area contributed by atoms with Crippen molar-refractivity contribution in [1.29, 1.82) is 0 Å². The van der Waals surface area contributed by atoms with E-state index in [2.05, 4.69) is 5.32 Å². The molecular formula is C15H17N3O3. The number of aliphatic hydroxyl groups excluding tert-OH is 1. The summed E-state index contributed by atoms with van der Waals surface area (Å²) in [5.74, 6) is -0.244. The van der Waals surface area contributed by atoms with Crippen molar-refractivity contribution in [2.75, 3.05) is 0 Å². The Bertz CT molecular complexity index is 690.